The zero-order valence-corrected chi connectivity index (χ0v) is 13.0. The molecule has 0 radical (unpaired) electrons. The summed E-state index contributed by atoms with van der Waals surface area (Å²) in [5.74, 6) is 2.16. The van der Waals surface area contributed by atoms with Crippen LogP contribution in [-0.4, -0.2) is 63.4 Å². The molecule has 118 valence electrons. The van der Waals surface area contributed by atoms with Crippen molar-refractivity contribution in [2.45, 2.75) is 57.7 Å². The standard InChI is InChI=1S/C15H26N4O2/c1-3-13-9-18(6-7-19(13)8-11(2)20)10-14-16-15(21-17-14)12-4-5-12/h11-13,20H,3-10H2,1-2H3. The van der Waals surface area contributed by atoms with E-state index in [4.69, 9.17) is 4.52 Å². The van der Waals surface area contributed by atoms with E-state index in [0.29, 0.717) is 12.0 Å². The Hall–Kier alpha value is -0.980. The van der Waals surface area contributed by atoms with Gasteiger partial charge in [0.25, 0.3) is 0 Å². The number of hydrogen-bond donors (Lipinski definition) is 1. The smallest absolute Gasteiger partial charge is 0.229 e. The molecule has 2 unspecified atom stereocenters. The second-order valence-corrected chi connectivity index (χ2v) is 6.46. The van der Waals surface area contributed by atoms with E-state index in [2.05, 4.69) is 26.9 Å². The second kappa shape index (κ2) is 6.42. The van der Waals surface area contributed by atoms with Crippen molar-refractivity contribution in [3.63, 3.8) is 0 Å². The molecule has 2 aliphatic rings. The molecule has 2 atom stereocenters. The molecule has 0 spiro atoms. The molecule has 1 saturated carbocycles. The number of β-amino-alcohol motifs (C(OH)–C–C–N with tert-alkyl or cyclic N) is 1. The van der Waals surface area contributed by atoms with E-state index in [1.54, 1.807) is 0 Å². The maximum Gasteiger partial charge on any atom is 0.229 e. The van der Waals surface area contributed by atoms with Crippen LogP contribution in [0.25, 0.3) is 0 Å². The summed E-state index contributed by atoms with van der Waals surface area (Å²) in [4.78, 5) is 9.30. The third-order valence-electron chi connectivity index (χ3n) is 4.43. The summed E-state index contributed by atoms with van der Waals surface area (Å²) in [6, 6.07) is 0.503. The summed E-state index contributed by atoms with van der Waals surface area (Å²) in [6.07, 6.45) is 3.22. The predicted molar refractivity (Wildman–Crippen MR) is 78.9 cm³/mol. The number of hydrogen-bond acceptors (Lipinski definition) is 6. The number of aliphatic hydroxyl groups excluding tert-OH is 1. The van der Waals surface area contributed by atoms with E-state index < -0.39 is 0 Å². The largest absolute Gasteiger partial charge is 0.392 e. The van der Waals surface area contributed by atoms with Gasteiger partial charge in [0, 0.05) is 38.1 Å². The minimum Gasteiger partial charge on any atom is -0.392 e. The molecule has 3 rings (SSSR count). The van der Waals surface area contributed by atoms with Crippen molar-refractivity contribution in [1.29, 1.82) is 0 Å². The lowest BCUT2D eigenvalue weighted by Gasteiger charge is -2.41. The maximum absolute atomic E-state index is 9.59. The third kappa shape index (κ3) is 3.81. The molecular weight excluding hydrogens is 268 g/mol. The highest BCUT2D eigenvalue weighted by Crippen LogP contribution is 2.38. The van der Waals surface area contributed by atoms with E-state index in [9.17, 15) is 5.11 Å². The first-order valence-electron chi connectivity index (χ1n) is 8.12. The fraction of sp³-hybridized carbons (Fsp3) is 0.867. The molecule has 0 bridgehead atoms. The lowest BCUT2D eigenvalue weighted by Crippen LogP contribution is -2.54. The molecule has 0 aromatic carbocycles. The van der Waals surface area contributed by atoms with Gasteiger partial charge in [-0.1, -0.05) is 12.1 Å². The Morgan fingerprint density at radius 2 is 2.19 bits per heavy atom. The number of rotatable bonds is 6. The van der Waals surface area contributed by atoms with Crippen molar-refractivity contribution in [3.8, 4) is 0 Å². The van der Waals surface area contributed by atoms with Gasteiger partial charge in [0.05, 0.1) is 12.6 Å². The highest BCUT2D eigenvalue weighted by Gasteiger charge is 2.31. The van der Waals surface area contributed by atoms with Gasteiger partial charge in [-0.25, -0.2) is 0 Å². The lowest BCUT2D eigenvalue weighted by molar-refractivity contribution is 0.0326. The molecule has 1 aromatic rings. The Balaban J connectivity index is 1.54. The number of aromatic nitrogens is 2. The maximum atomic E-state index is 9.59. The molecule has 1 aliphatic heterocycles. The van der Waals surface area contributed by atoms with Crippen molar-refractivity contribution in [2.24, 2.45) is 0 Å². The number of nitrogens with zero attached hydrogens (tertiary/aromatic N) is 4. The van der Waals surface area contributed by atoms with Crippen LogP contribution in [0.3, 0.4) is 0 Å². The molecule has 1 saturated heterocycles. The Morgan fingerprint density at radius 3 is 2.86 bits per heavy atom. The minimum absolute atomic E-state index is 0.260. The quantitative estimate of drug-likeness (QED) is 0.851. The summed E-state index contributed by atoms with van der Waals surface area (Å²) in [7, 11) is 0. The van der Waals surface area contributed by atoms with Crippen molar-refractivity contribution in [2.75, 3.05) is 26.2 Å². The van der Waals surface area contributed by atoms with Crippen LogP contribution in [0.1, 0.15) is 50.7 Å². The van der Waals surface area contributed by atoms with Crippen molar-refractivity contribution < 1.29 is 9.63 Å². The summed E-state index contributed by atoms with van der Waals surface area (Å²) in [5.41, 5.74) is 0. The van der Waals surface area contributed by atoms with Crippen LogP contribution in [0.2, 0.25) is 0 Å². The monoisotopic (exact) mass is 294 g/mol. The van der Waals surface area contributed by atoms with E-state index in [1.807, 2.05) is 6.92 Å². The van der Waals surface area contributed by atoms with Crippen molar-refractivity contribution in [1.82, 2.24) is 19.9 Å². The molecule has 2 fully saturated rings. The van der Waals surface area contributed by atoms with E-state index >= 15 is 0 Å². The summed E-state index contributed by atoms with van der Waals surface area (Å²) < 4.78 is 5.33. The van der Waals surface area contributed by atoms with Crippen LogP contribution < -0.4 is 0 Å². The Kier molecular flexibility index (Phi) is 4.57. The first-order valence-corrected chi connectivity index (χ1v) is 8.12. The highest BCUT2D eigenvalue weighted by atomic mass is 16.5. The van der Waals surface area contributed by atoms with E-state index in [1.165, 1.54) is 12.8 Å². The third-order valence-corrected chi connectivity index (χ3v) is 4.43. The normalized spacial score (nSPS) is 26.1. The topological polar surface area (TPSA) is 65.6 Å². The average molecular weight is 294 g/mol. The second-order valence-electron chi connectivity index (χ2n) is 6.46. The zero-order chi connectivity index (χ0) is 14.8. The van der Waals surface area contributed by atoms with Crippen molar-refractivity contribution >= 4 is 0 Å². The summed E-state index contributed by atoms with van der Waals surface area (Å²) >= 11 is 0. The predicted octanol–water partition coefficient (Wildman–Crippen LogP) is 1.22. The number of aliphatic hydroxyl groups is 1. The van der Waals surface area contributed by atoms with Gasteiger partial charge in [-0.15, -0.1) is 0 Å². The van der Waals surface area contributed by atoms with Crippen LogP contribution in [0.5, 0.6) is 0 Å². The Labute approximate surface area is 126 Å². The average Bonchev–Trinajstić information content (AvgIpc) is 3.21. The van der Waals surface area contributed by atoms with Gasteiger partial charge in [-0.3, -0.25) is 9.80 Å². The molecular formula is C15H26N4O2. The van der Waals surface area contributed by atoms with Gasteiger partial charge in [-0.2, -0.15) is 4.98 Å². The van der Waals surface area contributed by atoms with Gasteiger partial charge in [0.1, 0.15) is 0 Å². The van der Waals surface area contributed by atoms with Gasteiger partial charge in [0.15, 0.2) is 5.82 Å². The Morgan fingerprint density at radius 1 is 1.38 bits per heavy atom. The van der Waals surface area contributed by atoms with Crippen molar-refractivity contribution in [3.05, 3.63) is 11.7 Å². The van der Waals surface area contributed by atoms with Gasteiger partial charge >= 0.3 is 0 Å². The van der Waals surface area contributed by atoms with Crippen LogP contribution >= 0.6 is 0 Å². The number of piperazine rings is 1. The molecule has 1 aromatic heterocycles. The highest BCUT2D eigenvalue weighted by molar-refractivity contribution is 5.02. The fourth-order valence-electron chi connectivity index (χ4n) is 3.10. The van der Waals surface area contributed by atoms with Crippen LogP contribution in [-0.2, 0) is 6.54 Å². The Bertz CT molecular complexity index is 458. The minimum atomic E-state index is -0.260. The van der Waals surface area contributed by atoms with Crippen LogP contribution in [0, 0.1) is 0 Å². The molecule has 6 nitrogen and oxygen atoms in total. The summed E-state index contributed by atoms with van der Waals surface area (Å²) in [6.45, 7) is 8.61. The first kappa shape index (κ1) is 14.9. The summed E-state index contributed by atoms with van der Waals surface area (Å²) in [5, 5.41) is 13.7. The molecule has 0 amide bonds. The van der Waals surface area contributed by atoms with E-state index in [0.717, 1.165) is 50.9 Å². The zero-order valence-electron chi connectivity index (χ0n) is 13.0. The van der Waals surface area contributed by atoms with Gasteiger partial charge in [0.2, 0.25) is 5.89 Å². The van der Waals surface area contributed by atoms with Gasteiger partial charge < -0.3 is 9.63 Å². The first-order chi connectivity index (χ1) is 10.2. The van der Waals surface area contributed by atoms with Gasteiger partial charge in [-0.05, 0) is 26.2 Å². The van der Waals surface area contributed by atoms with E-state index in [-0.39, 0.29) is 6.10 Å². The van der Waals surface area contributed by atoms with Crippen LogP contribution in [0.15, 0.2) is 4.52 Å². The molecule has 6 heteroatoms. The lowest BCUT2D eigenvalue weighted by atomic mass is 10.1. The fourth-order valence-corrected chi connectivity index (χ4v) is 3.10. The van der Waals surface area contributed by atoms with Crippen LogP contribution in [0.4, 0.5) is 0 Å². The molecule has 1 aliphatic carbocycles. The molecule has 2 heterocycles. The molecule has 1 N–H and O–H groups in total. The SMILES string of the molecule is CCC1CN(Cc2noc(C3CC3)n2)CCN1CC(C)O. The molecule has 21 heavy (non-hydrogen) atoms.